The average Bonchev–Trinajstić information content (AvgIpc) is 3.32. The number of nitrogens with zero attached hydrogens (tertiary/aromatic N) is 2. The van der Waals surface area contributed by atoms with E-state index in [1.54, 1.807) is 18.4 Å². The van der Waals surface area contributed by atoms with Crippen LogP contribution < -0.4 is 9.75 Å². The molecule has 4 heteroatoms. The maximum Gasteiger partial charge on any atom is 0.127 e. The summed E-state index contributed by atoms with van der Waals surface area (Å²) in [5.41, 5.74) is 4.54. The van der Waals surface area contributed by atoms with Crippen LogP contribution in [0.15, 0.2) is 76.5 Å². The van der Waals surface area contributed by atoms with Crippen molar-refractivity contribution in [2.45, 2.75) is 12.5 Å². The number of hydrogen-bond donors (Lipinski definition) is 0. The number of hydrogen-bond acceptors (Lipinski definition) is 4. The van der Waals surface area contributed by atoms with Crippen molar-refractivity contribution in [1.82, 2.24) is 0 Å². The standard InChI is InChI=1S/C20H18N2OS/c1-23-20-10-6-5-9-17(20)18-13-19(15-11-12-24-14-15)22(21-18)16-7-3-2-4-8-16/h2-12,14,19H,13H2,1H3. The lowest BCUT2D eigenvalue weighted by molar-refractivity contribution is 0.414. The predicted octanol–water partition coefficient (Wildman–Crippen LogP) is 5.11. The summed E-state index contributed by atoms with van der Waals surface area (Å²) in [7, 11) is 1.71. The fraction of sp³-hybridized carbons (Fsp3) is 0.150. The molecule has 120 valence electrons. The van der Waals surface area contributed by atoms with Crippen molar-refractivity contribution in [3.8, 4) is 5.75 Å². The monoisotopic (exact) mass is 334 g/mol. The van der Waals surface area contributed by atoms with E-state index < -0.39 is 0 Å². The third-order valence-electron chi connectivity index (χ3n) is 4.28. The van der Waals surface area contributed by atoms with Crippen molar-refractivity contribution < 1.29 is 4.74 Å². The van der Waals surface area contributed by atoms with Crippen molar-refractivity contribution >= 4 is 22.7 Å². The van der Waals surface area contributed by atoms with Crippen LogP contribution in [-0.2, 0) is 0 Å². The highest BCUT2D eigenvalue weighted by Gasteiger charge is 2.31. The fourth-order valence-electron chi connectivity index (χ4n) is 3.10. The fourth-order valence-corrected chi connectivity index (χ4v) is 3.81. The van der Waals surface area contributed by atoms with Gasteiger partial charge in [0, 0.05) is 12.0 Å². The van der Waals surface area contributed by atoms with Gasteiger partial charge in [0.15, 0.2) is 0 Å². The molecule has 0 fully saturated rings. The Morgan fingerprint density at radius 1 is 1.04 bits per heavy atom. The lowest BCUT2D eigenvalue weighted by Crippen LogP contribution is -2.17. The molecule has 0 bridgehead atoms. The second-order valence-electron chi connectivity index (χ2n) is 5.70. The number of benzene rings is 2. The van der Waals surface area contributed by atoms with E-state index in [0.29, 0.717) is 0 Å². The minimum atomic E-state index is 0.221. The van der Waals surface area contributed by atoms with Gasteiger partial charge in [0.05, 0.1) is 24.6 Å². The van der Waals surface area contributed by atoms with Gasteiger partial charge in [-0.3, -0.25) is 5.01 Å². The zero-order valence-corrected chi connectivity index (χ0v) is 14.2. The average molecular weight is 334 g/mol. The minimum absolute atomic E-state index is 0.221. The van der Waals surface area contributed by atoms with Crippen LogP contribution in [-0.4, -0.2) is 12.8 Å². The molecule has 1 unspecified atom stereocenters. The van der Waals surface area contributed by atoms with Gasteiger partial charge in [-0.1, -0.05) is 30.3 Å². The molecule has 2 aromatic carbocycles. The zero-order chi connectivity index (χ0) is 16.4. The highest BCUT2D eigenvalue weighted by atomic mass is 32.1. The highest BCUT2D eigenvalue weighted by Crippen LogP contribution is 2.38. The second-order valence-corrected chi connectivity index (χ2v) is 6.48. The minimum Gasteiger partial charge on any atom is -0.496 e. The van der Waals surface area contributed by atoms with Crippen LogP contribution >= 0.6 is 11.3 Å². The van der Waals surface area contributed by atoms with Crippen LogP contribution in [0.25, 0.3) is 0 Å². The third kappa shape index (κ3) is 2.69. The molecule has 1 aliphatic rings. The largest absolute Gasteiger partial charge is 0.496 e. The van der Waals surface area contributed by atoms with E-state index >= 15 is 0 Å². The van der Waals surface area contributed by atoms with E-state index in [1.165, 1.54) is 5.56 Å². The van der Waals surface area contributed by atoms with E-state index in [-0.39, 0.29) is 6.04 Å². The summed E-state index contributed by atoms with van der Waals surface area (Å²) in [5, 5.41) is 11.4. The smallest absolute Gasteiger partial charge is 0.127 e. The number of anilines is 1. The maximum absolute atomic E-state index is 5.53. The van der Waals surface area contributed by atoms with Gasteiger partial charge < -0.3 is 4.74 Å². The summed E-state index contributed by atoms with van der Waals surface area (Å²) in [4.78, 5) is 0. The Morgan fingerprint density at radius 2 is 1.83 bits per heavy atom. The number of ether oxygens (including phenoxy) is 1. The van der Waals surface area contributed by atoms with Gasteiger partial charge in [0.25, 0.3) is 0 Å². The molecule has 0 N–H and O–H groups in total. The molecule has 0 aliphatic carbocycles. The molecule has 1 aliphatic heterocycles. The van der Waals surface area contributed by atoms with Crippen LogP contribution in [0.5, 0.6) is 5.75 Å². The second kappa shape index (κ2) is 6.49. The first-order valence-electron chi connectivity index (χ1n) is 7.94. The molecular formula is C20H18N2OS. The van der Waals surface area contributed by atoms with Gasteiger partial charge in [-0.15, -0.1) is 0 Å². The Kier molecular flexibility index (Phi) is 4.05. The van der Waals surface area contributed by atoms with Crippen LogP contribution in [0.3, 0.4) is 0 Å². The normalized spacial score (nSPS) is 17.0. The zero-order valence-electron chi connectivity index (χ0n) is 13.4. The topological polar surface area (TPSA) is 24.8 Å². The van der Waals surface area contributed by atoms with Crippen molar-refractivity contribution in [2.24, 2.45) is 5.10 Å². The molecule has 3 nitrogen and oxygen atoms in total. The third-order valence-corrected chi connectivity index (χ3v) is 4.98. The molecule has 0 amide bonds. The van der Waals surface area contributed by atoms with Gasteiger partial charge >= 0.3 is 0 Å². The summed E-state index contributed by atoms with van der Waals surface area (Å²) in [5.74, 6) is 0.871. The summed E-state index contributed by atoms with van der Waals surface area (Å²) >= 11 is 1.73. The van der Waals surface area contributed by atoms with Crippen LogP contribution in [0.4, 0.5) is 5.69 Å². The number of methoxy groups -OCH3 is 1. The molecule has 0 radical (unpaired) electrons. The molecule has 0 saturated heterocycles. The molecule has 1 atom stereocenters. The first kappa shape index (κ1) is 15.0. The van der Waals surface area contributed by atoms with Gasteiger partial charge in [0.2, 0.25) is 0 Å². The first-order valence-corrected chi connectivity index (χ1v) is 8.88. The van der Waals surface area contributed by atoms with E-state index in [1.807, 2.05) is 24.3 Å². The maximum atomic E-state index is 5.53. The predicted molar refractivity (Wildman–Crippen MR) is 100 cm³/mol. The first-order chi connectivity index (χ1) is 11.9. The van der Waals surface area contributed by atoms with E-state index in [0.717, 1.165) is 29.1 Å². The molecule has 0 spiro atoms. The number of rotatable bonds is 4. The molecule has 4 rings (SSSR count). The molecule has 0 saturated carbocycles. The van der Waals surface area contributed by atoms with Crippen molar-refractivity contribution in [1.29, 1.82) is 0 Å². The number of para-hydroxylation sites is 2. The Bertz CT molecular complexity index is 843. The van der Waals surface area contributed by atoms with Crippen LogP contribution in [0, 0.1) is 0 Å². The van der Waals surface area contributed by atoms with Gasteiger partial charge in [-0.05, 0) is 46.7 Å². The quantitative estimate of drug-likeness (QED) is 0.662. The van der Waals surface area contributed by atoms with Crippen molar-refractivity contribution in [3.63, 3.8) is 0 Å². The van der Waals surface area contributed by atoms with Gasteiger partial charge in [0.1, 0.15) is 5.75 Å². The highest BCUT2D eigenvalue weighted by molar-refractivity contribution is 7.08. The Balaban J connectivity index is 1.77. The van der Waals surface area contributed by atoms with E-state index in [2.05, 4.69) is 52.2 Å². The van der Waals surface area contributed by atoms with E-state index in [4.69, 9.17) is 9.84 Å². The Morgan fingerprint density at radius 3 is 2.58 bits per heavy atom. The van der Waals surface area contributed by atoms with Crippen LogP contribution in [0.2, 0.25) is 0 Å². The van der Waals surface area contributed by atoms with Gasteiger partial charge in [-0.25, -0.2) is 0 Å². The van der Waals surface area contributed by atoms with Gasteiger partial charge in [-0.2, -0.15) is 16.4 Å². The summed E-state index contributed by atoms with van der Waals surface area (Å²) < 4.78 is 5.53. The number of thiophene rings is 1. The molecular weight excluding hydrogens is 316 g/mol. The summed E-state index contributed by atoms with van der Waals surface area (Å²) in [6, 6.07) is 20.8. The lowest BCUT2D eigenvalue weighted by Gasteiger charge is -2.22. The SMILES string of the molecule is COc1ccccc1C1=NN(c2ccccc2)C(c2ccsc2)C1. The molecule has 3 aromatic rings. The summed E-state index contributed by atoms with van der Waals surface area (Å²) in [6.45, 7) is 0. The van der Waals surface area contributed by atoms with Crippen LogP contribution in [0.1, 0.15) is 23.6 Å². The Hall–Kier alpha value is -2.59. The van der Waals surface area contributed by atoms with E-state index in [9.17, 15) is 0 Å². The number of hydrazone groups is 1. The lowest BCUT2D eigenvalue weighted by atomic mass is 9.99. The molecule has 2 heterocycles. The molecule has 1 aromatic heterocycles. The Labute approximate surface area is 145 Å². The van der Waals surface area contributed by atoms with Crippen molar-refractivity contribution in [3.05, 3.63) is 82.6 Å². The summed E-state index contributed by atoms with van der Waals surface area (Å²) in [6.07, 6.45) is 0.867. The van der Waals surface area contributed by atoms with Crippen molar-refractivity contribution in [2.75, 3.05) is 12.1 Å². The molecule has 24 heavy (non-hydrogen) atoms.